The van der Waals surface area contributed by atoms with Crippen LogP contribution >= 0.6 is 8.53 Å². The second kappa shape index (κ2) is 13.7. The molecule has 2 aromatic rings. The summed E-state index contributed by atoms with van der Waals surface area (Å²) in [5.74, 6) is -0.0315. The zero-order chi connectivity index (χ0) is 27.9. The van der Waals surface area contributed by atoms with Crippen LogP contribution in [0.15, 0.2) is 48.5 Å². The molecule has 4 atom stereocenters. The molecular weight excluding hydrogens is 514 g/mol. The Kier molecular flexibility index (Phi) is 10.4. The van der Waals surface area contributed by atoms with Gasteiger partial charge in [-0.2, -0.15) is 5.26 Å². The highest BCUT2D eigenvalue weighted by atomic mass is 31.2. The number of hydrogen-bond acceptors (Lipinski definition) is 8. The molecule has 39 heavy (non-hydrogen) atoms. The predicted octanol–water partition coefficient (Wildman–Crippen LogP) is 5.36. The third kappa shape index (κ3) is 7.19. The summed E-state index contributed by atoms with van der Waals surface area (Å²) in [6, 6.07) is 18.9. The third-order valence-corrected chi connectivity index (χ3v) is 9.13. The molecule has 0 N–H and O–H groups in total. The molecule has 0 amide bonds. The average Bonchev–Trinajstić information content (AvgIpc) is 3.42. The van der Waals surface area contributed by atoms with Gasteiger partial charge in [-0.15, -0.1) is 0 Å². The van der Waals surface area contributed by atoms with E-state index in [0.29, 0.717) is 13.0 Å². The maximum atomic E-state index is 12.7. The molecule has 1 unspecified atom stereocenters. The molecule has 0 spiro atoms. The van der Waals surface area contributed by atoms with Gasteiger partial charge >= 0.3 is 6.16 Å². The van der Waals surface area contributed by atoms with Gasteiger partial charge in [0.15, 0.2) is 0 Å². The summed E-state index contributed by atoms with van der Waals surface area (Å²) in [5, 5.41) is 8.97. The summed E-state index contributed by atoms with van der Waals surface area (Å²) >= 11 is 0. The van der Waals surface area contributed by atoms with E-state index in [9.17, 15) is 4.79 Å². The Morgan fingerprint density at radius 1 is 1.05 bits per heavy atom. The zero-order valence-electron chi connectivity index (χ0n) is 23.4. The Hall–Kier alpha value is -2.47. The van der Waals surface area contributed by atoms with Crippen molar-refractivity contribution in [3.8, 4) is 17.2 Å². The monoisotopic (exact) mass is 552 g/mol. The Labute approximate surface area is 233 Å². The Bertz CT molecular complexity index is 1110. The quantitative estimate of drug-likeness (QED) is 0.151. The van der Waals surface area contributed by atoms with E-state index in [1.807, 2.05) is 32.1 Å². The van der Waals surface area contributed by atoms with Gasteiger partial charge in [0.2, 0.25) is 0 Å². The van der Waals surface area contributed by atoms with Crippen LogP contribution in [0.4, 0.5) is 4.79 Å². The SMILES string of the molecule is B[C@H]1C[C@@H](OP(OCCC#N)N(C(C)C)C(C)C)[C@@H](COC(=O)OCC2c3ccccc3-c3ccccc32)O1. The number of benzene rings is 2. The van der Waals surface area contributed by atoms with Crippen molar-refractivity contribution in [3.05, 3.63) is 59.7 Å². The second-order valence-corrected chi connectivity index (χ2v) is 11.9. The number of fused-ring (bicyclic) bond motifs is 3. The summed E-state index contributed by atoms with van der Waals surface area (Å²) in [7, 11) is 0.548. The highest BCUT2D eigenvalue weighted by molar-refractivity contribution is 7.44. The molecule has 0 radical (unpaired) electrons. The van der Waals surface area contributed by atoms with Crippen molar-refractivity contribution in [1.29, 1.82) is 5.26 Å². The lowest BCUT2D eigenvalue weighted by Gasteiger charge is -2.37. The fourth-order valence-electron chi connectivity index (χ4n) is 5.37. The van der Waals surface area contributed by atoms with Crippen LogP contribution < -0.4 is 0 Å². The third-order valence-electron chi connectivity index (χ3n) is 6.97. The fourth-order valence-corrected chi connectivity index (χ4v) is 7.13. The van der Waals surface area contributed by atoms with Crippen LogP contribution in [-0.4, -0.2) is 68.8 Å². The van der Waals surface area contributed by atoms with Crippen LogP contribution in [0.1, 0.15) is 57.6 Å². The van der Waals surface area contributed by atoms with Crippen LogP contribution in [0.25, 0.3) is 11.1 Å². The van der Waals surface area contributed by atoms with Gasteiger partial charge < -0.3 is 23.3 Å². The summed E-state index contributed by atoms with van der Waals surface area (Å²) < 4.78 is 31.9. The van der Waals surface area contributed by atoms with Crippen molar-refractivity contribution < 1.29 is 28.1 Å². The van der Waals surface area contributed by atoms with E-state index in [0.717, 1.165) is 11.1 Å². The number of carbonyl (C=O) groups is 1. The largest absolute Gasteiger partial charge is 0.508 e. The maximum Gasteiger partial charge on any atom is 0.508 e. The fraction of sp³-hybridized carbons (Fsp3) is 0.517. The van der Waals surface area contributed by atoms with Gasteiger partial charge in [0.25, 0.3) is 8.53 Å². The Morgan fingerprint density at radius 3 is 2.23 bits per heavy atom. The number of nitriles is 1. The zero-order valence-corrected chi connectivity index (χ0v) is 24.3. The van der Waals surface area contributed by atoms with Crippen molar-refractivity contribution >= 4 is 22.5 Å². The van der Waals surface area contributed by atoms with Gasteiger partial charge in [-0.1, -0.05) is 48.5 Å². The van der Waals surface area contributed by atoms with Crippen molar-refractivity contribution in [1.82, 2.24) is 4.67 Å². The standard InChI is InChI=1S/C29H38BN2O6P/c1-19(2)32(20(3)4)39(36-15-9-14-31)38-26-16-28(30)37-27(26)18-35-29(33)34-17-25-23-12-7-5-10-21(23)22-11-6-8-13-24(22)25/h5-8,10-13,19-20,25-28H,9,15-18,30H2,1-4H3/t26-,27-,28-,39?/m1/s1. The Morgan fingerprint density at radius 2 is 1.64 bits per heavy atom. The number of hydrogen-bond donors (Lipinski definition) is 0. The van der Waals surface area contributed by atoms with Crippen molar-refractivity contribution in [2.24, 2.45) is 0 Å². The highest BCUT2D eigenvalue weighted by Crippen LogP contribution is 2.49. The van der Waals surface area contributed by atoms with E-state index in [4.69, 9.17) is 28.5 Å². The lowest BCUT2D eigenvalue weighted by molar-refractivity contribution is -0.0259. The first-order valence-corrected chi connectivity index (χ1v) is 14.8. The van der Waals surface area contributed by atoms with E-state index in [2.05, 4.69) is 62.7 Å². The lowest BCUT2D eigenvalue weighted by atomic mass is 9.96. The molecule has 208 valence electrons. The molecule has 1 heterocycles. The minimum Gasteiger partial charge on any atom is -0.433 e. The van der Waals surface area contributed by atoms with E-state index in [-0.39, 0.29) is 49.7 Å². The van der Waals surface area contributed by atoms with E-state index in [1.54, 1.807) is 0 Å². The van der Waals surface area contributed by atoms with Gasteiger partial charge in [-0.3, -0.25) is 0 Å². The molecule has 10 heteroatoms. The lowest BCUT2D eigenvalue weighted by Crippen LogP contribution is -2.37. The van der Waals surface area contributed by atoms with E-state index >= 15 is 0 Å². The number of rotatable bonds is 12. The minimum absolute atomic E-state index is 0.0242. The molecule has 8 nitrogen and oxygen atoms in total. The molecule has 1 saturated heterocycles. The minimum atomic E-state index is -1.43. The van der Waals surface area contributed by atoms with Crippen molar-refractivity contribution in [3.63, 3.8) is 0 Å². The number of ether oxygens (including phenoxy) is 3. The van der Waals surface area contributed by atoms with Crippen LogP contribution in [0.3, 0.4) is 0 Å². The predicted molar refractivity (Wildman–Crippen MR) is 153 cm³/mol. The smallest absolute Gasteiger partial charge is 0.433 e. The second-order valence-electron chi connectivity index (χ2n) is 10.5. The summed E-state index contributed by atoms with van der Waals surface area (Å²) in [6.45, 7) is 8.90. The molecular formula is C29H38BN2O6P. The maximum absolute atomic E-state index is 12.7. The number of carbonyl (C=O) groups excluding carboxylic acids is 1. The van der Waals surface area contributed by atoms with Gasteiger partial charge in [-0.05, 0) is 56.4 Å². The van der Waals surface area contributed by atoms with Gasteiger partial charge in [0, 0.05) is 24.0 Å². The summed E-state index contributed by atoms with van der Waals surface area (Å²) in [6.07, 6.45) is -0.528. The molecule has 1 fully saturated rings. The van der Waals surface area contributed by atoms with Crippen molar-refractivity contribution in [2.75, 3.05) is 19.8 Å². The summed E-state index contributed by atoms with van der Waals surface area (Å²) in [5.41, 5.74) is 4.65. The average molecular weight is 552 g/mol. The molecule has 1 aliphatic carbocycles. The first-order chi connectivity index (χ1) is 18.8. The van der Waals surface area contributed by atoms with Gasteiger partial charge in [0.05, 0.1) is 25.2 Å². The van der Waals surface area contributed by atoms with Crippen LogP contribution in [0.2, 0.25) is 0 Å². The molecule has 0 aromatic heterocycles. The normalized spacial score (nSPS) is 21.1. The van der Waals surface area contributed by atoms with Crippen molar-refractivity contribution in [2.45, 2.75) is 76.7 Å². The van der Waals surface area contributed by atoms with Crippen LogP contribution in [-0.2, 0) is 23.3 Å². The summed E-state index contributed by atoms with van der Waals surface area (Å²) in [4.78, 5) is 12.7. The van der Waals surface area contributed by atoms with E-state index < -0.39 is 20.8 Å². The molecule has 1 aliphatic heterocycles. The Balaban J connectivity index is 1.35. The first kappa shape index (κ1) is 29.5. The van der Waals surface area contributed by atoms with Crippen LogP contribution in [0, 0.1) is 11.3 Å². The highest BCUT2D eigenvalue weighted by Gasteiger charge is 2.39. The molecule has 2 aromatic carbocycles. The van der Waals surface area contributed by atoms with Gasteiger partial charge in [-0.25, -0.2) is 9.46 Å². The molecule has 4 rings (SSSR count). The molecule has 0 bridgehead atoms. The molecule has 0 saturated carbocycles. The topological polar surface area (TPSA) is 90.2 Å². The first-order valence-electron chi connectivity index (χ1n) is 13.7. The molecule has 2 aliphatic rings. The van der Waals surface area contributed by atoms with E-state index in [1.165, 1.54) is 11.1 Å². The van der Waals surface area contributed by atoms with Crippen LogP contribution in [0.5, 0.6) is 0 Å². The number of nitrogens with zero attached hydrogens (tertiary/aromatic N) is 2. The van der Waals surface area contributed by atoms with Gasteiger partial charge in [0.1, 0.15) is 27.2 Å².